The average molecular weight is 306 g/mol. The lowest BCUT2D eigenvalue weighted by Crippen LogP contribution is -2.18. The highest BCUT2D eigenvalue weighted by molar-refractivity contribution is 6.30. The van der Waals surface area contributed by atoms with Crippen LogP contribution in [0.1, 0.15) is 22.7 Å². The van der Waals surface area contributed by atoms with E-state index in [0.29, 0.717) is 0 Å². The first kappa shape index (κ1) is 15.7. The summed E-state index contributed by atoms with van der Waals surface area (Å²) in [6.45, 7) is 2.04. The van der Waals surface area contributed by atoms with Crippen LogP contribution in [0, 0.1) is 6.92 Å². The van der Waals surface area contributed by atoms with Crippen LogP contribution >= 0.6 is 11.6 Å². The topological polar surface area (TPSA) is 30.5 Å². The maximum Gasteiger partial charge on any atom is 0.122 e. The predicted molar refractivity (Wildman–Crippen MR) is 86.6 cm³/mol. The number of rotatable bonds is 5. The second-order valence-electron chi connectivity index (χ2n) is 4.93. The van der Waals surface area contributed by atoms with Crippen LogP contribution in [0.15, 0.2) is 36.4 Å². The number of benzene rings is 2. The first-order valence-electron chi connectivity index (χ1n) is 6.74. The summed E-state index contributed by atoms with van der Waals surface area (Å²) >= 11 is 6.18. The summed E-state index contributed by atoms with van der Waals surface area (Å²) in [5, 5.41) is 4.06. The molecule has 0 aromatic heterocycles. The van der Waals surface area contributed by atoms with E-state index in [9.17, 15) is 0 Å². The molecule has 0 saturated heterocycles. The van der Waals surface area contributed by atoms with E-state index in [4.69, 9.17) is 21.1 Å². The highest BCUT2D eigenvalue weighted by atomic mass is 35.5. The Morgan fingerprint density at radius 1 is 0.905 bits per heavy atom. The third kappa shape index (κ3) is 3.69. The Balaban J connectivity index is 2.49. The lowest BCUT2D eigenvalue weighted by Gasteiger charge is -2.20. The maximum absolute atomic E-state index is 6.18. The minimum Gasteiger partial charge on any atom is -0.497 e. The van der Waals surface area contributed by atoms with Crippen molar-refractivity contribution in [2.75, 3.05) is 21.3 Å². The van der Waals surface area contributed by atoms with Gasteiger partial charge < -0.3 is 14.8 Å². The summed E-state index contributed by atoms with van der Waals surface area (Å²) < 4.78 is 10.7. The van der Waals surface area contributed by atoms with Crippen LogP contribution < -0.4 is 14.8 Å². The van der Waals surface area contributed by atoms with E-state index in [2.05, 4.69) is 11.4 Å². The van der Waals surface area contributed by atoms with E-state index in [1.807, 2.05) is 44.3 Å². The Labute approximate surface area is 130 Å². The van der Waals surface area contributed by atoms with Crippen LogP contribution in [0.2, 0.25) is 5.02 Å². The number of nitrogens with one attached hydrogen (secondary N) is 1. The van der Waals surface area contributed by atoms with Gasteiger partial charge in [0.15, 0.2) is 0 Å². The van der Waals surface area contributed by atoms with Crippen molar-refractivity contribution in [2.45, 2.75) is 13.0 Å². The largest absolute Gasteiger partial charge is 0.497 e. The molecule has 2 aromatic rings. The molecule has 0 heterocycles. The molecular formula is C17H20ClNO2. The quantitative estimate of drug-likeness (QED) is 0.906. The van der Waals surface area contributed by atoms with Crippen molar-refractivity contribution < 1.29 is 9.47 Å². The number of methoxy groups -OCH3 is 2. The number of halogens is 1. The molecule has 0 aliphatic heterocycles. The van der Waals surface area contributed by atoms with Crippen molar-refractivity contribution in [3.05, 3.63) is 58.1 Å². The van der Waals surface area contributed by atoms with Gasteiger partial charge in [-0.2, -0.15) is 0 Å². The second kappa shape index (κ2) is 6.83. The predicted octanol–water partition coefficient (Wildman–Crippen LogP) is 3.97. The molecule has 0 amide bonds. The fourth-order valence-corrected chi connectivity index (χ4v) is 2.75. The Bertz CT molecular complexity index is 586. The van der Waals surface area contributed by atoms with Crippen molar-refractivity contribution in [2.24, 2.45) is 0 Å². The molecular weight excluding hydrogens is 286 g/mol. The van der Waals surface area contributed by atoms with Crippen molar-refractivity contribution in [1.29, 1.82) is 0 Å². The number of aryl methyl sites for hydroxylation is 1. The summed E-state index contributed by atoms with van der Waals surface area (Å²) in [7, 11) is 5.22. The Morgan fingerprint density at radius 3 is 1.95 bits per heavy atom. The number of ether oxygens (including phenoxy) is 2. The summed E-state index contributed by atoms with van der Waals surface area (Å²) in [4.78, 5) is 0. The zero-order valence-corrected chi connectivity index (χ0v) is 13.5. The number of hydrogen-bond donors (Lipinski definition) is 1. The molecule has 1 N–H and O–H groups in total. The lowest BCUT2D eigenvalue weighted by atomic mass is 9.97. The molecule has 3 nitrogen and oxygen atoms in total. The Kier molecular flexibility index (Phi) is 5.10. The maximum atomic E-state index is 6.18. The smallest absolute Gasteiger partial charge is 0.122 e. The molecule has 2 aromatic carbocycles. The highest BCUT2D eigenvalue weighted by Gasteiger charge is 2.15. The third-order valence-electron chi connectivity index (χ3n) is 3.39. The van der Waals surface area contributed by atoms with Gasteiger partial charge in [0.1, 0.15) is 11.5 Å². The normalized spacial score (nSPS) is 12.0. The van der Waals surface area contributed by atoms with Crippen LogP contribution in [0.5, 0.6) is 11.5 Å². The van der Waals surface area contributed by atoms with Gasteiger partial charge in [-0.15, -0.1) is 0 Å². The zero-order valence-electron chi connectivity index (χ0n) is 12.7. The molecule has 2 rings (SSSR count). The van der Waals surface area contributed by atoms with E-state index >= 15 is 0 Å². The van der Waals surface area contributed by atoms with Crippen LogP contribution in [-0.2, 0) is 0 Å². The van der Waals surface area contributed by atoms with Gasteiger partial charge >= 0.3 is 0 Å². The summed E-state index contributed by atoms with van der Waals surface area (Å²) in [5.74, 6) is 1.53. The van der Waals surface area contributed by atoms with Crippen LogP contribution in [-0.4, -0.2) is 21.3 Å². The third-order valence-corrected chi connectivity index (χ3v) is 3.61. The van der Waals surface area contributed by atoms with E-state index in [-0.39, 0.29) is 6.04 Å². The Hall–Kier alpha value is -1.71. The molecule has 1 unspecified atom stereocenters. The average Bonchev–Trinajstić information content (AvgIpc) is 2.46. The molecule has 0 aliphatic carbocycles. The van der Waals surface area contributed by atoms with E-state index < -0.39 is 0 Å². The molecule has 0 bridgehead atoms. The molecule has 0 radical (unpaired) electrons. The van der Waals surface area contributed by atoms with Gasteiger partial charge in [0.25, 0.3) is 0 Å². The molecule has 4 heteroatoms. The zero-order chi connectivity index (χ0) is 15.4. The van der Waals surface area contributed by atoms with E-state index in [1.54, 1.807) is 14.2 Å². The molecule has 0 aliphatic rings. The van der Waals surface area contributed by atoms with Crippen molar-refractivity contribution in [3.8, 4) is 11.5 Å². The molecule has 21 heavy (non-hydrogen) atoms. The van der Waals surface area contributed by atoms with Crippen molar-refractivity contribution in [1.82, 2.24) is 5.32 Å². The standard InChI is InChI=1S/C17H20ClNO2/c1-11-5-12(7-14(18)6-11)17(19-2)13-8-15(20-3)10-16(9-13)21-4/h5-10,17,19H,1-4H3. The van der Waals surface area contributed by atoms with Gasteiger partial charge in [-0.1, -0.05) is 17.7 Å². The van der Waals surface area contributed by atoms with Crippen LogP contribution in [0.3, 0.4) is 0 Å². The monoisotopic (exact) mass is 305 g/mol. The Morgan fingerprint density at radius 2 is 1.48 bits per heavy atom. The summed E-state index contributed by atoms with van der Waals surface area (Å²) in [6.07, 6.45) is 0. The van der Waals surface area contributed by atoms with Crippen molar-refractivity contribution in [3.63, 3.8) is 0 Å². The van der Waals surface area contributed by atoms with Crippen molar-refractivity contribution >= 4 is 11.6 Å². The SMILES string of the molecule is CNC(c1cc(C)cc(Cl)c1)c1cc(OC)cc(OC)c1. The molecule has 0 spiro atoms. The van der Waals surface area contributed by atoms with E-state index in [1.165, 1.54) is 0 Å². The van der Waals surface area contributed by atoms with Gasteiger partial charge in [-0.25, -0.2) is 0 Å². The first-order chi connectivity index (χ1) is 10.1. The van der Waals surface area contributed by atoms with Gasteiger partial charge in [0, 0.05) is 11.1 Å². The summed E-state index contributed by atoms with van der Waals surface area (Å²) in [5.41, 5.74) is 3.31. The van der Waals surface area contributed by atoms with Gasteiger partial charge in [0.05, 0.1) is 20.3 Å². The van der Waals surface area contributed by atoms with Gasteiger partial charge in [-0.3, -0.25) is 0 Å². The second-order valence-corrected chi connectivity index (χ2v) is 5.37. The number of hydrogen-bond acceptors (Lipinski definition) is 3. The van der Waals surface area contributed by atoms with E-state index in [0.717, 1.165) is 33.2 Å². The molecule has 112 valence electrons. The molecule has 0 saturated carbocycles. The molecule has 1 atom stereocenters. The fraction of sp³-hybridized carbons (Fsp3) is 0.294. The minimum absolute atomic E-state index is 0.0198. The first-order valence-corrected chi connectivity index (χ1v) is 7.12. The molecule has 0 fully saturated rings. The van der Waals surface area contributed by atoms with Gasteiger partial charge in [0.2, 0.25) is 0 Å². The minimum atomic E-state index is 0.0198. The highest BCUT2D eigenvalue weighted by Crippen LogP contribution is 2.31. The lowest BCUT2D eigenvalue weighted by molar-refractivity contribution is 0.392. The fourth-order valence-electron chi connectivity index (χ4n) is 2.45. The summed E-state index contributed by atoms with van der Waals surface area (Å²) in [6, 6.07) is 11.9. The van der Waals surface area contributed by atoms with Crippen LogP contribution in [0.25, 0.3) is 0 Å². The van der Waals surface area contributed by atoms with Crippen LogP contribution in [0.4, 0.5) is 0 Å². The van der Waals surface area contributed by atoms with Gasteiger partial charge in [-0.05, 0) is 54.9 Å².